The van der Waals surface area contributed by atoms with Crippen LogP contribution in [0.2, 0.25) is 0 Å². The van der Waals surface area contributed by atoms with E-state index in [0.29, 0.717) is 13.2 Å². The molecular formula is C10H20N6O2. The van der Waals surface area contributed by atoms with Gasteiger partial charge >= 0.3 is 0 Å². The minimum Gasteiger partial charge on any atom is -0.409 e. The van der Waals surface area contributed by atoms with E-state index in [4.69, 9.17) is 15.7 Å². The van der Waals surface area contributed by atoms with E-state index >= 15 is 0 Å². The monoisotopic (exact) mass is 256 g/mol. The number of ether oxygens (including phenoxy) is 1. The van der Waals surface area contributed by atoms with Crippen molar-refractivity contribution < 1.29 is 9.94 Å². The lowest BCUT2D eigenvalue weighted by Gasteiger charge is -2.11. The minimum atomic E-state index is -0.379. The van der Waals surface area contributed by atoms with E-state index in [2.05, 4.69) is 20.7 Å². The normalized spacial score (nSPS) is 13.8. The van der Waals surface area contributed by atoms with E-state index in [0.717, 1.165) is 18.8 Å². The first-order valence-electron chi connectivity index (χ1n) is 5.77. The summed E-state index contributed by atoms with van der Waals surface area (Å²) in [5.74, 6) is 1.02. The number of aromatic nitrogens is 3. The van der Waals surface area contributed by atoms with Gasteiger partial charge in [0.1, 0.15) is 18.3 Å². The summed E-state index contributed by atoms with van der Waals surface area (Å²) < 4.78 is 7.23. The Labute approximate surface area is 106 Å². The third-order valence-corrected chi connectivity index (χ3v) is 2.51. The molecule has 0 fully saturated rings. The van der Waals surface area contributed by atoms with Crippen molar-refractivity contribution in [1.82, 2.24) is 20.1 Å². The highest BCUT2D eigenvalue weighted by Crippen LogP contribution is 1.92. The third kappa shape index (κ3) is 4.68. The van der Waals surface area contributed by atoms with Crippen molar-refractivity contribution in [3.05, 3.63) is 12.2 Å². The van der Waals surface area contributed by atoms with Crippen molar-refractivity contribution in [2.45, 2.75) is 19.4 Å². The molecule has 0 aliphatic carbocycles. The Morgan fingerprint density at radius 1 is 1.67 bits per heavy atom. The summed E-state index contributed by atoms with van der Waals surface area (Å²) in [6, 6.07) is 0. The predicted molar refractivity (Wildman–Crippen MR) is 66.4 cm³/mol. The van der Waals surface area contributed by atoms with Crippen molar-refractivity contribution in [1.29, 1.82) is 0 Å². The largest absolute Gasteiger partial charge is 0.409 e. The fraction of sp³-hybridized carbons (Fsp3) is 0.700. The topological polar surface area (TPSA) is 111 Å². The van der Waals surface area contributed by atoms with Crippen molar-refractivity contribution in [3.63, 3.8) is 0 Å². The van der Waals surface area contributed by atoms with E-state index in [9.17, 15) is 0 Å². The molecule has 102 valence electrons. The van der Waals surface area contributed by atoms with Gasteiger partial charge in [-0.1, -0.05) is 5.16 Å². The highest BCUT2D eigenvalue weighted by atomic mass is 16.5. The second kappa shape index (κ2) is 7.62. The zero-order chi connectivity index (χ0) is 13.4. The third-order valence-electron chi connectivity index (χ3n) is 2.51. The van der Waals surface area contributed by atoms with Gasteiger partial charge in [-0.2, -0.15) is 0 Å². The van der Waals surface area contributed by atoms with Gasteiger partial charge in [-0.15, -0.1) is 10.2 Å². The van der Waals surface area contributed by atoms with Crippen LogP contribution in [0.15, 0.2) is 11.5 Å². The van der Waals surface area contributed by atoms with Crippen LogP contribution >= 0.6 is 0 Å². The molecule has 1 heterocycles. The van der Waals surface area contributed by atoms with Gasteiger partial charge in [0, 0.05) is 26.6 Å². The first-order chi connectivity index (χ1) is 8.65. The molecule has 4 N–H and O–H groups in total. The first-order valence-corrected chi connectivity index (χ1v) is 5.77. The lowest BCUT2D eigenvalue weighted by molar-refractivity contribution is 0.108. The minimum absolute atomic E-state index is 0.0779. The van der Waals surface area contributed by atoms with E-state index in [1.165, 1.54) is 0 Å². The fourth-order valence-corrected chi connectivity index (χ4v) is 1.33. The summed E-state index contributed by atoms with van der Waals surface area (Å²) in [5, 5.41) is 22.3. The molecule has 8 nitrogen and oxygen atoms in total. The lowest BCUT2D eigenvalue weighted by atomic mass is 10.4. The molecule has 0 aliphatic rings. The summed E-state index contributed by atoms with van der Waals surface area (Å²) in [4.78, 5) is 0. The Morgan fingerprint density at radius 3 is 3.06 bits per heavy atom. The Bertz CT molecular complexity index is 378. The average Bonchev–Trinajstić information content (AvgIpc) is 2.78. The highest BCUT2D eigenvalue weighted by Gasteiger charge is 2.06. The molecule has 8 heteroatoms. The van der Waals surface area contributed by atoms with Crippen LogP contribution in [0.5, 0.6) is 0 Å². The van der Waals surface area contributed by atoms with Crippen molar-refractivity contribution >= 4 is 5.84 Å². The van der Waals surface area contributed by atoms with Crippen LogP contribution in [0, 0.1) is 0 Å². The number of hydrogen-bond acceptors (Lipinski definition) is 6. The number of aryl methyl sites for hydroxylation is 1. The number of rotatable bonds is 8. The number of hydrogen-bond donors (Lipinski definition) is 3. The van der Waals surface area contributed by atoms with Crippen LogP contribution < -0.4 is 11.1 Å². The Balaban J connectivity index is 2.04. The molecule has 0 radical (unpaired) electrons. The first kappa shape index (κ1) is 14.4. The van der Waals surface area contributed by atoms with Gasteiger partial charge in [0.2, 0.25) is 0 Å². The second-order valence-corrected chi connectivity index (χ2v) is 3.90. The van der Waals surface area contributed by atoms with Gasteiger partial charge in [0.25, 0.3) is 0 Å². The van der Waals surface area contributed by atoms with Crippen molar-refractivity contribution in [2.75, 3.05) is 19.7 Å². The molecule has 0 aliphatic heterocycles. The molecule has 0 amide bonds. The number of oxime groups is 1. The van der Waals surface area contributed by atoms with Crippen LogP contribution in [0.1, 0.15) is 12.7 Å². The van der Waals surface area contributed by atoms with E-state index < -0.39 is 0 Å². The van der Waals surface area contributed by atoms with Gasteiger partial charge in [0.05, 0.1) is 6.61 Å². The maximum absolute atomic E-state index is 8.43. The number of amidine groups is 1. The molecule has 1 aromatic heterocycles. The summed E-state index contributed by atoms with van der Waals surface area (Å²) in [5.41, 5.74) is 5.37. The maximum atomic E-state index is 8.43. The van der Waals surface area contributed by atoms with Gasteiger partial charge in [-0.05, 0) is 6.92 Å². The number of nitrogens with two attached hydrogens (primary N) is 1. The highest BCUT2D eigenvalue weighted by molar-refractivity contribution is 5.83. The van der Waals surface area contributed by atoms with Crippen LogP contribution in [0.25, 0.3) is 0 Å². The molecule has 18 heavy (non-hydrogen) atoms. The molecule has 0 aromatic carbocycles. The summed E-state index contributed by atoms with van der Waals surface area (Å²) in [7, 11) is 1.91. The van der Waals surface area contributed by atoms with Gasteiger partial charge in [0.15, 0.2) is 5.84 Å². The SMILES string of the molecule is CC(OCCNCCc1nncn1C)C(N)=NO. The van der Waals surface area contributed by atoms with Crippen molar-refractivity contribution in [3.8, 4) is 0 Å². The summed E-state index contributed by atoms with van der Waals surface area (Å²) in [6.07, 6.45) is 2.11. The molecular weight excluding hydrogens is 236 g/mol. The van der Waals surface area contributed by atoms with Crippen molar-refractivity contribution in [2.24, 2.45) is 17.9 Å². The van der Waals surface area contributed by atoms with Gasteiger partial charge in [-0.3, -0.25) is 0 Å². The number of nitrogens with zero attached hydrogens (tertiary/aromatic N) is 4. The zero-order valence-corrected chi connectivity index (χ0v) is 10.7. The standard InChI is InChI=1S/C10H20N6O2/c1-8(10(11)15-17)18-6-5-12-4-3-9-14-13-7-16(9)2/h7-8,12,17H,3-6H2,1-2H3,(H2,11,15). The zero-order valence-electron chi connectivity index (χ0n) is 10.7. The molecule has 1 atom stereocenters. The predicted octanol–water partition coefficient (Wildman–Crippen LogP) is -0.901. The van der Waals surface area contributed by atoms with Crippen LogP contribution in [0.4, 0.5) is 0 Å². The van der Waals surface area contributed by atoms with E-state index in [-0.39, 0.29) is 11.9 Å². The van der Waals surface area contributed by atoms with Crippen LogP contribution in [0.3, 0.4) is 0 Å². The quantitative estimate of drug-likeness (QED) is 0.183. The number of nitrogens with one attached hydrogen (secondary N) is 1. The lowest BCUT2D eigenvalue weighted by Crippen LogP contribution is -2.32. The molecule has 1 aromatic rings. The Hall–Kier alpha value is -1.67. The molecule has 0 bridgehead atoms. The Morgan fingerprint density at radius 2 is 2.44 bits per heavy atom. The van der Waals surface area contributed by atoms with Crippen LogP contribution in [-0.2, 0) is 18.2 Å². The molecule has 0 saturated heterocycles. The van der Waals surface area contributed by atoms with Gasteiger partial charge in [-0.25, -0.2) is 0 Å². The van der Waals surface area contributed by atoms with E-state index in [1.807, 2.05) is 11.6 Å². The van der Waals surface area contributed by atoms with E-state index in [1.54, 1.807) is 13.3 Å². The van der Waals surface area contributed by atoms with Crippen LogP contribution in [-0.4, -0.2) is 51.6 Å². The smallest absolute Gasteiger partial charge is 0.168 e. The molecule has 1 unspecified atom stereocenters. The fourth-order valence-electron chi connectivity index (χ4n) is 1.33. The molecule has 0 saturated carbocycles. The summed E-state index contributed by atoms with van der Waals surface area (Å²) >= 11 is 0. The van der Waals surface area contributed by atoms with Gasteiger partial charge < -0.3 is 25.6 Å². The second-order valence-electron chi connectivity index (χ2n) is 3.90. The Kier molecular flexibility index (Phi) is 6.09. The molecule has 1 rings (SSSR count). The summed E-state index contributed by atoms with van der Waals surface area (Å²) in [6.45, 7) is 3.72. The molecule has 0 spiro atoms. The average molecular weight is 256 g/mol. The maximum Gasteiger partial charge on any atom is 0.168 e.